The van der Waals surface area contributed by atoms with Gasteiger partial charge in [-0.3, -0.25) is 9.69 Å². The highest BCUT2D eigenvalue weighted by Crippen LogP contribution is 2.27. The number of ether oxygens (including phenoxy) is 2. The molecule has 0 aliphatic carbocycles. The third-order valence-electron chi connectivity index (χ3n) is 6.77. The Hall–Kier alpha value is -3.17. The minimum absolute atomic E-state index is 0.00524. The summed E-state index contributed by atoms with van der Waals surface area (Å²) in [6.07, 6.45) is 2.62. The molecule has 1 unspecified atom stereocenters. The van der Waals surface area contributed by atoms with Crippen molar-refractivity contribution in [3.8, 4) is 0 Å². The molecule has 3 heterocycles. The van der Waals surface area contributed by atoms with Gasteiger partial charge < -0.3 is 25.2 Å². The topological polar surface area (TPSA) is 113 Å². The zero-order chi connectivity index (χ0) is 26.4. The standard InChI is InChI=1S/C28H38N4O5/c1-28(2,3)37-27(35)32-18-22-7-5-4-6-20(22)14-23(32)24(33)17-31-26(34)21-8-9-25(30-16-21)29-15-19-10-12-36-13-11-19/h4-9,16,19,23-24,33H,10-15,17-18H2,1-3H3,(H,29,30)(H,31,34)/t23?,24-/m1/s1. The number of rotatable bonds is 7. The number of nitrogens with one attached hydrogen (secondary N) is 2. The fourth-order valence-electron chi connectivity index (χ4n) is 4.68. The highest BCUT2D eigenvalue weighted by molar-refractivity contribution is 5.94. The van der Waals surface area contributed by atoms with Crippen LogP contribution in [0.3, 0.4) is 0 Å². The zero-order valence-corrected chi connectivity index (χ0v) is 21.9. The summed E-state index contributed by atoms with van der Waals surface area (Å²) >= 11 is 0. The molecule has 9 heteroatoms. The molecule has 1 aromatic heterocycles. The molecule has 3 N–H and O–H groups in total. The van der Waals surface area contributed by atoms with Crippen LogP contribution < -0.4 is 10.6 Å². The highest BCUT2D eigenvalue weighted by Gasteiger charge is 2.36. The van der Waals surface area contributed by atoms with Crippen molar-refractivity contribution < 1.29 is 24.2 Å². The molecule has 2 aliphatic rings. The molecule has 2 aromatic rings. The Labute approximate surface area is 218 Å². The van der Waals surface area contributed by atoms with Gasteiger partial charge >= 0.3 is 6.09 Å². The molecule has 37 heavy (non-hydrogen) atoms. The maximum Gasteiger partial charge on any atom is 0.410 e. The third kappa shape index (κ3) is 7.42. The van der Waals surface area contributed by atoms with E-state index in [9.17, 15) is 14.7 Å². The summed E-state index contributed by atoms with van der Waals surface area (Å²) in [5.74, 6) is 0.950. The predicted octanol–water partition coefficient (Wildman–Crippen LogP) is 3.37. The lowest BCUT2D eigenvalue weighted by atomic mass is 9.91. The summed E-state index contributed by atoms with van der Waals surface area (Å²) in [4.78, 5) is 31.6. The third-order valence-corrected chi connectivity index (χ3v) is 6.77. The predicted molar refractivity (Wildman–Crippen MR) is 140 cm³/mol. The van der Waals surface area contributed by atoms with E-state index in [4.69, 9.17) is 9.47 Å². The number of amides is 2. The number of hydrogen-bond donors (Lipinski definition) is 3. The van der Waals surface area contributed by atoms with Crippen LogP contribution in [0, 0.1) is 5.92 Å². The lowest BCUT2D eigenvalue weighted by molar-refractivity contribution is -0.0113. The molecular weight excluding hydrogens is 472 g/mol. The molecule has 200 valence electrons. The van der Waals surface area contributed by atoms with Gasteiger partial charge in [-0.25, -0.2) is 9.78 Å². The van der Waals surface area contributed by atoms with Crippen LogP contribution in [0.5, 0.6) is 0 Å². The Morgan fingerprint density at radius 2 is 1.89 bits per heavy atom. The van der Waals surface area contributed by atoms with E-state index in [1.54, 1.807) is 17.0 Å². The number of aliphatic hydroxyl groups is 1. The van der Waals surface area contributed by atoms with Gasteiger partial charge in [-0.2, -0.15) is 0 Å². The molecule has 0 bridgehead atoms. The van der Waals surface area contributed by atoms with E-state index < -0.39 is 23.8 Å². The maximum atomic E-state index is 13.0. The fraction of sp³-hybridized carbons (Fsp3) is 0.536. The second-order valence-electron chi connectivity index (χ2n) is 10.8. The molecular formula is C28H38N4O5. The van der Waals surface area contributed by atoms with Crippen LogP contribution in [0.15, 0.2) is 42.6 Å². The normalized spacial score (nSPS) is 19.0. The van der Waals surface area contributed by atoms with Gasteiger partial charge in [0.05, 0.1) is 17.7 Å². The van der Waals surface area contributed by atoms with E-state index in [0.717, 1.165) is 49.5 Å². The summed E-state index contributed by atoms with van der Waals surface area (Å²) in [7, 11) is 0. The van der Waals surface area contributed by atoms with Crippen LogP contribution in [0.2, 0.25) is 0 Å². The summed E-state index contributed by atoms with van der Waals surface area (Å²) in [6.45, 7) is 8.20. The van der Waals surface area contributed by atoms with Crippen molar-refractivity contribution >= 4 is 17.8 Å². The molecule has 0 saturated carbocycles. The van der Waals surface area contributed by atoms with E-state index in [-0.39, 0.29) is 12.5 Å². The lowest BCUT2D eigenvalue weighted by Gasteiger charge is -2.40. The van der Waals surface area contributed by atoms with Gasteiger partial charge in [-0.1, -0.05) is 24.3 Å². The highest BCUT2D eigenvalue weighted by atomic mass is 16.6. The number of carbonyl (C=O) groups is 2. The molecule has 1 fully saturated rings. The number of hydrogen-bond acceptors (Lipinski definition) is 7. The Morgan fingerprint density at radius 3 is 2.57 bits per heavy atom. The number of aliphatic hydroxyl groups excluding tert-OH is 1. The van der Waals surface area contributed by atoms with Crippen LogP contribution >= 0.6 is 0 Å². The first-order valence-corrected chi connectivity index (χ1v) is 13.0. The van der Waals surface area contributed by atoms with Crippen LogP contribution in [0.1, 0.15) is 55.1 Å². The van der Waals surface area contributed by atoms with Gasteiger partial charge in [0.25, 0.3) is 5.91 Å². The maximum absolute atomic E-state index is 13.0. The van der Waals surface area contributed by atoms with Crippen LogP contribution in [-0.4, -0.2) is 71.0 Å². The molecule has 2 amide bonds. The van der Waals surface area contributed by atoms with Crippen LogP contribution in [0.4, 0.5) is 10.6 Å². The number of anilines is 1. The second kappa shape index (κ2) is 11.9. The van der Waals surface area contributed by atoms with Crippen molar-refractivity contribution in [1.82, 2.24) is 15.2 Å². The molecule has 2 aliphatic heterocycles. The van der Waals surface area contributed by atoms with Gasteiger partial charge in [-0.15, -0.1) is 0 Å². The number of carbonyl (C=O) groups excluding carboxylic acids is 2. The van der Waals surface area contributed by atoms with Crippen molar-refractivity contribution in [2.24, 2.45) is 5.92 Å². The molecule has 4 rings (SSSR count). The number of fused-ring (bicyclic) bond motifs is 1. The Morgan fingerprint density at radius 1 is 1.16 bits per heavy atom. The van der Waals surface area contributed by atoms with Crippen molar-refractivity contribution in [3.63, 3.8) is 0 Å². The molecule has 2 atom stereocenters. The molecule has 1 saturated heterocycles. The minimum atomic E-state index is -0.974. The number of nitrogens with zero attached hydrogens (tertiary/aromatic N) is 2. The van der Waals surface area contributed by atoms with E-state index in [2.05, 4.69) is 15.6 Å². The average molecular weight is 511 g/mol. The lowest BCUT2D eigenvalue weighted by Crippen LogP contribution is -2.54. The quantitative estimate of drug-likeness (QED) is 0.523. The Kier molecular flexibility index (Phi) is 8.66. The smallest absolute Gasteiger partial charge is 0.410 e. The van der Waals surface area contributed by atoms with Gasteiger partial charge in [0.15, 0.2) is 0 Å². The molecule has 1 aromatic carbocycles. The van der Waals surface area contributed by atoms with Crippen molar-refractivity contribution in [2.45, 2.75) is 64.3 Å². The summed E-state index contributed by atoms with van der Waals surface area (Å²) in [5.41, 5.74) is 1.85. The van der Waals surface area contributed by atoms with E-state index >= 15 is 0 Å². The average Bonchev–Trinajstić information content (AvgIpc) is 2.89. The van der Waals surface area contributed by atoms with Crippen molar-refractivity contribution in [3.05, 3.63) is 59.3 Å². The fourth-order valence-corrected chi connectivity index (χ4v) is 4.68. The van der Waals surface area contributed by atoms with Gasteiger partial charge in [0.1, 0.15) is 11.4 Å². The van der Waals surface area contributed by atoms with Gasteiger partial charge in [0.2, 0.25) is 0 Å². The van der Waals surface area contributed by atoms with Gasteiger partial charge in [0, 0.05) is 39.0 Å². The van der Waals surface area contributed by atoms with Crippen LogP contribution in [-0.2, 0) is 22.4 Å². The summed E-state index contributed by atoms with van der Waals surface area (Å²) in [5, 5.41) is 17.2. The SMILES string of the molecule is CC(C)(C)OC(=O)N1Cc2ccccc2CC1[C@H](O)CNC(=O)c1ccc(NCC2CCOCC2)nc1. The second-order valence-corrected chi connectivity index (χ2v) is 10.8. The minimum Gasteiger partial charge on any atom is -0.444 e. The van der Waals surface area contributed by atoms with E-state index in [1.807, 2.05) is 45.0 Å². The van der Waals surface area contributed by atoms with Crippen molar-refractivity contribution in [2.75, 3.05) is 31.6 Å². The molecule has 0 spiro atoms. The van der Waals surface area contributed by atoms with E-state index in [1.165, 1.54) is 6.20 Å². The Bertz CT molecular complexity index is 1060. The first-order valence-electron chi connectivity index (χ1n) is 13.0. The largest absolute Gasteiger partial charge is 0.444 e. The summed E-state index contributed by atoms with van der Waals surface area (Å²) in [6, 6.07) is 10.8. The Balaban J connectivity index is 1.34. The molecule has 0 radical (unpaired) electrons. The van der Waals surface area contributed by atoms with Gasteiger partial charge in [-0.05, 0) is 69.2 Å². The number of benzene rings is 1. The van der Waals surface area contributed by atoms with Crippen molar-refractivity contribution in [1.29, 1.82) is 0 Å². The summed E-state index contributed by atoms with van der Waals surface area (Å²) < 4.78 is 11.0. The zero-order valence-electron chi connectivity index (χ0n) is 21.9. The first kappa shape index (κ1) is 26.9. The number of pyridine rings is 1. The monoisotopic (exact) mass is 510 g/mol. The first-order chi connectivity index (χ1) is 17.7. The molecule has 9 nitrogen and oxygen atoms in total. The number of aromatic nitrogens is 1. The van der Waals surface area contributed by atoms with E-state index in [0.29, 0.717) is 24.4 Å². The van der Waals surface area contributed by atoms with Crippen LogP contribution in [0.25, 0.3) is 0 Å².